The second-order valence-corrected chi connectivity index (χ2v) is 7.93. The van der Waals surface area contributed by atoms with E-state index in [1.54, 1.807) is 12.1 Å². The van der Waals surface area contributed by atoms with Crippen LogP contribution in [-0.4, -0.2) is 60.5 Å². The number of carbonyl (C=O) groups excluding carboxylic acids is 2. The molecule has 0 aromatic heterocycles. The summed E-state index contributed by atoms with van der Waals surface area (Å²) < 4.78 is 0. The van der Waals surface area contributed by atoms with Gasteiger partial charge in [0.15, 0.2) is 0 Å². The number of amides is 3. The molecule has 1 saturated heterocycles. The number of nitrogens with zero attached hydrogens (tertiary/aromatic N) is 3. The predicted molar refractivity (Wildman–Crippen MR) is 110 cm³/mol. The minimum absolute atomic E-state index is 0.0719. The topological polar surface area (TPSA) is 108 Å². The van der Waals surface area contributed by atoms with Crippen LogP contribution in [0, 0.1) is 16.0 Å². The Morgan fingerprint density at radius 2 is 1.90 bits per heavy atom. The van der Waals surface area contributed by atoms with E-state index in [0.717, 1.165) is 24.9 Å². The highest BCUT2D eigenvalue weighted by Crippen LogP contribution is 2.24. The van der Waals surface area contributed by atoms with Gasteiger partial charge in [-0.05, 0) is 24.8 Å². The summed E-state index contributed by atoms with van der Waals surface area (Å²) in [5, 5.41) is 16.3. The summed E-state index contributed by atoms with van der Waals surface area (Å²) in [4.78, 5) is 38.9. The van der Waals surface area contributed by atoms with Gasteiger partial charge in [-0.1, -0.05) is 25.8 Å². The third-order valence-electron chi connectivity index (χ3n) is 5.83. The molecule has 1 aliphatic heterocycles. The molecule has 1 aliphatic carbocycles. The Morgan fingerprint density at radius 3 is 2.59 bits per heavy atom. The SMILES string of the molecule is CC1CCCCC1NC(=O)NC(=O)CN1CCN(c2cccc([N+](=O)[O-])c2)CC1. The molecular weight excluding hydrogens is 374 g/mol. The number of imide groups is 1. The highest BCUT2D eigenvalue weighted by atomic mass is 16.6. The van der Waals surface area contributed by atoms with Crippen LogP contribution in [0.3, 0.4) is 0 Å². The summed E-state index contributed by atoms with van der Waals surface area (Å²) >= 11 is 0. The Kier molecular flexibility index (Phi) is 7.03. The van der Waals surface area contributed by atoms with Crippen molar-refractivity contribution in [2.75, 3.05) is 37.6 Å². The summed E-state index contributed by atoms with van der Waals surface area (Å²) in [5.74, 6) is 0.126. The van der Waals surface area contributed by atoms with Gasteiger partial charge in [0.25, 0.3) is 5.69 Å². The van der Waals surface area contributed by atoms with Crippen molar-refractivity contribution in [3.05, 3.63) is 34.4 Å². The van der Waals surface area contributed by atoms with E-state index in [4.69, 9.17) is 0 Å². The molecule has 29 heavy (non-hydrogen) atoms. The number of benzene rings is 1. The van der Waals surface area contributed by atoms with Crippen molar-refractivity contribution in [1.29, 1.82) is 0 Å². The third-order valence-corrected chi connectivity index (χ3v) is 5.83. The quantitative estimate of drug-likeness (QED) is 0.576. The maximum absolute atomic E-state index is 12.2. The molecule has 2 unspecified atom stereocenters. The lowest BCUT2D eigenvalue weighted by molar-refractivity contribution is -0.384. The zero-order chi connectivity index (χ0) is 20.8. The van der Waals surface area contributed by atoms with Gasteiger partial charge >= 0.3 is 6.03 Å². The molecule has 3 amide bonds. The van der Waals surface area contributed by atoms with Gasteiger partial charge in [0.1, 0.15) is 0 Å². The predicted octanol–water partition coefficient (Wildman–Crippen LogP) is 2.12. The van der Waals surface area contributed by atoms with Crippen molar-refractivity contribution >= 4 is 23.3 Å². The van der Waals surface area contributed by atoms with Gasteiger partial charge in [-0.15, -0.1) is 0 Å². The zero-order valence-electron chi connectivity index (χ0n) is 16.8. The number of urea groups is 1. The molecule has 2 N–H and O–H groups in total. The van der Waals surface area contributed by atoms with Crippen LogP contribution in [0.5, 0.6) is 0 Å². The molecule has 1 saturated carbocycles. The number of nitro benzene ring substituents is 1. The van der Waals surface area contributed by atoms with E-state index in [1.807, 2.05) is 11.0 Å². The molecule has 0 bridgehead atoms. The molecule has 0 spiro atoms. The second kappa shape index (κ2) is 9.69. The van der Waals surface area contributed by atoms with Crippen LogP contribution < -0.4 is 15.5 Å². The molecular formula is C20H29N5O4. The zero-order valence-corrected chi connectivity index (χ0v) is 16.8. The van der Waals surface area contributed by atoms with Crippen LogP contribution in [-0.2, 0) is 4.79 Å². The first-order chi connectivity index (χ1) is 13.9. The molecule has 158 valence electrons. The van der Waals surface area contributed by atoms with Crippen molar-refractivity contribution in [3.8, 4) is 0 Å². The van der Waals surface area contributed by atoms with Gasteiger partial charge in [-0.2, -0.15) is 0 Å². The summed E-state index contributed by atoms with van der Waals surface area (Å²) in [6.07, 6.45) is 4.37. The van der Waals surface area contributed by atoms with Gasteiger partial charge in [0.2, 0.25) is 5.91 Å². The fourth-order valence-electron chi connectivity index (χ4n) is 4.07. The second-order valence-electron chi connectivity index (χ2n) is 7.93. The molecule has 9 heteroatoms. The molecule has 1 aromatic rings. The largest absolute Gasteiger partial charge is 0.369 e. The van der Waals surface area contributed by atoms with Crippen molar-refractivity contribution in [2.24, 2.45) is 5.92 Å². The lowest BCUT2D eigenvalue weighted by Crippen LogP contribution is -2.52. The van der Waals surface area contributed by atoms with E-state index in [2.05, 4.69) is 22.5 Å². The average molecular weight is 403 g/mol. The third kappa shape index (κ3) is 5.90. The first-order valence-corrected chi connectivity index (χ1v) is 10.2. The Balaban J connectivity index is 1.42. The minimum Gasteiger partial charge on any atom is -0.369 e. The molecule has 1 aromatic carbocycles. The Bertz CT molecular complexity index is 748. The van der Waals surface area contributed by atoms with Gasteiger partial charge in [-0.25, -0.2) is 4.79 Å². The van der Waals surface area contributed by atoms with Crippen molar-refractivity contribution < 1.29 is 14.5 Å². The number of piperazine rings is 1. The molecule has 2 atom stereocenters. The van der Waals surface area contributed by atoms with E-state index < -0.39 is 11.0 Å². The van der Waals surface area contributed by atoms with Gasteiger partial charge < -0.3 is 10.2 Å². The molecule has 2 fully saturated rings. The van der Waals surface area contributed by atoms with Crippen molar-refractivity contribution in [1.82, 2.24) is 15.5 Å². The molecule has 2 aliphatic rings. The number of nitro groups is 1. The number of rotatable bonds is 5. The van der Waals surface area contributed by atoms with Crippen molar-refractivity contribution in [3.63, 3.8) is 0 Å². The van der Waals surface area contributed by atoms with Gasteiger partial charge in [0.05, 0.1) is 11.5 Å². The first kappa shape index (κ1) is 21.0. The maximum atomic E-state index is 12.2. The van der Waals surface area contributed by atoms with E-state index >= 15 is 0 Å². The fourth-order valence-corrected chi connectivity index (χ4v) is 4.07. The number of hydrogen-bond acceptors (Lipinski definition) is 6. The highest BCUT2D eigenvalue weighted by molar-refractivity contribution is 5.95. The highest BCUT2D eigenvalue weighted by Gasteiger charge is 2.24. The van der Waals surface area contributed by atoms with E-state index in [0.29, 0.717) is 32.1 Å². The smallest absolute Gasteiger partial charge is 0.321 e. The Hall–Kier alpha value is -2.68. The maximum Gasteiger partial charge on any atom is 0.321 e. The Labute approximate surface area is 170 Å². The number of hydrogen-bond donors (Lipinski definition) is 2. The molecule has 9 nitrogen and oxygen atoms in total. The average Bonchev–Trinajstić information content (AvgIpc) is 2.70. The number of anilines is 1. The van der Waals surface area contributed by atoms with Crippen LogP contribution in [0.4, 0.5) is 16.2 Å². The molecule has 3 rings (SSSR count). The fraction of sp³-hybridized carbons (Fsp3) is 0.600. The standard InChI is InChI=1S/C20H29N5O4/c1-15-5-2-3-8-18(15)21-20(27)22-19(26)14-23-9-11-24(12-10-23)16-6-4-7-17(13-16)25(28)29/h4,6-7,13,15,18H,2-3,5,8-12,14H2,1H3,(H2,21,22,26,27). The van der Waals surface area contributed by atoms with Crippen molar-refractivity contribution in [2.45, 2.75) is 38.6 Å². The Morgan fingerprint density at radius 1 is 1.17 bits per heavy atom. The van der Waals surface area contributed by atoms with Crippen LogP contribution in [0.2, 0.25) is 0 Å². The summed E-state index contributed by atoms with van der Waals surface area (Å²) in [5.41, 5.74) is 0.881. The summed E-state index contributed by atoms with van der Waals surface area (Å²) in [6.45, 7) is 4.93. The lowest BCUT2D eigenvalue weighted by Gasteiger charge is -2.35. The summed E-state index contributed by atoms with van der Waals surface area (Å²) in [6, 6.07) is 6.30. The van der Waals surface area contributed by atoms with Crippen LogP contribution in [0.1, 0.15) is 32.6 Å². The number of non-ortho nitro benzene ring substituents is 1. The lowest BCUT2D eigenvalue weighted by atomic mass is 9.86. The normalized spacial score (nSPS) is 22.7. The number of nitrogens with one attached hydrogen (secondary N) is 2. The van der Waals surface area contributed by atoms with E-state index in [-0.39, 0.29) is 24.2 Å². The van der Waals surface area contributed by atoms with E-state index in [1.165, 1.54) is 12.5 Å². The van der Waals surface area contributed by atoms with Crippen LogP contribution >= 0.6 is 0 Å². The monoisotopic (exact) mass is 403 g/mol. The molecule has 0 radical (unpaired) electrons. The summed E-state index contributed by atoms with van der Waals surface area (Å²) in [7, 11) is 0. The van der Waals surface area contributed by atoms with Crippen LogP contribution in [0.25, 0.3) is 0 Å². The van der Waals surface area contributed by atoms with E-state index in [9.17, 15) is 19.7 Å². The first-order valence-electron chi connectivity index (χ1n) is 10.2. The van der Waals surface area contributed by atoms with Gasteiger partial charge in [-0.3, -0.25) is 25.1 Å². The van der Waals surface area contributed by atoms with Crippen LogP contribution in [0.15, 0.2) is 24.3 Å². The van der Waals surface area contributed by atoms with Gasteiger partial charge in [0, 0.05) is 50.0 Å². The number of carbonyl (C=O) groups is 2. The minimum atomic E-state index is -0.413. The molecule has 1 heterocycles.